The van der Waals surface area contributed by atoms with Crippen molar-refractivity contribution in [1.82, 2.24) is 5.32 Å². The van der Waals surface area contributed by atoms with Gasteiger partial charge in [0.1, 0.15) is 5.75 Å². The number of ether oxygens (including phenoxy) is 2. The summed E-state index contributed by atoms with van der Waals surface area (Å²) >= 11 is 0. The summed E-state index contributed by atoms with van der Waals surface area (Å²) in [5.74, 6) is 1.51. The Bertz CT molecular complexity index is 390. The van der Waals surface area contributed by atoms with E-state index in [0.717, 1.165) is 11.3 Å². The Morgan fingerprint density at radius 1 is 1.11 bits per heavy atom. The summed E-state index contributed by atoms with van der Waals surface area (Å²) in [5.41, 5.74) is 2.36. The third-order valence-electron chi connectivity index (χ3n) is 3.62. The van der Waals surface area contributed by atoms with E-state index in [4.69, 9.17) is 9.47 Å². The lowest BCUT2D eigenvalue weighted by Gasteiger charge is -2.24. The Morgan fingerprint density at radius 3 is 2.32 bits per heavy atom. The van der Waals surface area contributed by atoms with Crippen LogP contribution in [0.15, 0.2) is 18.2 Å². The summed E-state index contributed by atoms with van der Waals surface area (Å²) in [6, 6.07) is 7.10. The molecule has 3 nitrogen and oxygen atoms in total. The minimum absolute atomic E-state index is 0.318. The molecular formula is C16H27NO2. The topological polar surface area (TPSA) is 30.5 Å². The molecule has 0 aliphatic heterocycles. The largest absolute Gasteiger partial charge is 0.496 e. The second-order valence-corrected chi connectivity index (χ2v) is 5.43. The van der Waals surface area contributed by atoms with Crippen LogP contribution in [0.1, 0.15) is 44.9 Å². The monoisotopic (exact) mass is 265 g/mol. The van der Waals surface area contributed by atoms with E-state index in [1.807, 2.05) is 6.07 Å². The summed E-state index contributed by atoms with van der Waals surface area (Å²) in [6.07, 6.45) is 0. The fraction of sp³-hybridized carbons (Fsp3) is 0.625. The molecule has 2 atom stereocenters. The van der Waals surface area contributed by atoms with Crippen LogP contribution in [-0.2, 0) is 11.3 Å². The van der Waals surface area contributed by atoms with Crippen molar-refractivity contribution < 1.29 is 9.47 Å². The maximum absolute atomic E-state index is 5.35. The standard InChI is InChI=1S/C16H27NO2/c1-11(2)12(3)17-13(4)14-7-8-16(19-6)15(9-14)10-18-5/h7-9,11-13,17H,10H2,1-6H3. The zero-order valence-corrected chi connectivity index (χ0v) is 13.0. The van der Waals surface area contributed by atoms with Crippen molar-refractivity contribution >= 4 is 0 Å². The van der Waals surface area contributed by atoms with Crippen molar-refractivity contribution in [2.45, 2.75) is 46.4 Å². The lowest BCUT2D eigenvalue weighted by Crippen LogP contribution is -2.33. The SMILES string of the molecule is COCc1cc(C(C)NC(C)C(C)C)ccc1OC. The van der Waals surface area contributed by atoms with Gasteiger partial charge in [0.25, 0.3) is 0 Å². The molecule has 1 rings (SSSR count). The molecule has 0 heterocycles. The summed E-state index contributed by atoms with van der Waals surface area (Å²) in [7, 11) is 3.39. The fourth-order valence-corrected chi connectivity index (χ4v) is 2.02. The molecule has 0 amide bonds. The highest BCUT2D eigenvalue weighted by molar-refractivity contribution is 5.38. The van der Waals surface area contributed by atoms with Gasteiger partial charge in [-0.1, -0.05) is 19.9 Å². The fourth-order valence-electron chi connectivity index (χ4n) is 2.02. The van der Waals surface area contributed by atoms with E-state index in [2.05, 4.69) is 45.1 Å². The first-order valence-corrected chi connectivity index (χ1v) is 6.91. The van der Waals surface area contributed by atoms with Gasteiger partial charge in [-0.15, -0.1) is 0 Å². The minimum atomic E-state index is 0.318. The van der Waals surface area contributed by atoms with Gasteiger partial charge in [-0.05, 0) is 37.5 Å². The van der Waals surface area contributed by atoms with Gasteiger partial charge in [-0.25, -0.2) is 0 Å². The summed E-state index contributed by atoms with van der Waals surface area (Å²) in [5, 5.41) is 3.62. The van der Waals surface area contributed by atoms with Crippen LogP contribution in [0.5, 0.6) is 5.75 Å². The molecule has 0 fully saturated rings. The molecule has 0 aliphatic carbocycles. The van der Waals surface area contributed by atoms with Gasteiger partial charge in [-0.3, -0.25) is 0 Å². The molecule has 0 saturated carbocycles. The highest BCUT2D eigenvalue weighted by atomic mass is 16.5. The average Bonchev–Trinajstić information content (AvgIpc) is 2.38. The number of methoxy groups -OCH3 is 2. The molecule has 1 aromatic carbocycles. The van der Waals surface area contributed by atoms with Gasteiger partial charge in [0.2, 0.25) is 0 Å². The normalized spacial score (nSPS) is 14.5. The van der Waals surface area contributed by atoms with Crippen LogP contribution >= 0.6 is 0 Å². The number of nitrogens with one attached hydrogen (secondary N) is 1. The second-order valence-electron chi connectivity index (χ2n) is 5.43. The predicted octanol–water partition coefficient (Wildman–Crippen LogP) is 3.54. The molecule has 0 spiro atoms. The number of hydrogen-bond donors (Lipinski definition) is 1. The van der Waals surface area contributed by atoms with Crippen LogP contribution in [0.3, 0.4) is 0 Å². The van der Waals surface area contributed by atoms with Crippen molar-refractivity contribution in [2.24, 2.45) is 5.92 Å². The number of rotatable bonds is 7. The van der Waals surface area contributed by atoms with Crippen molar-refractivity contribution in [3.63, 3.8) is 0 Å². The third kappa shape index (κ3) is 4.51. The summed E-state index contributed by atoms with van der Waals surface area (Å²) < 4.78 is 10.6. The minimum Gasteiger partial charge on any atom is -0.496 e. The molecule has 0 bridgehead atoms. The number of benzene rings is 1. The molecule has 0 aliphatic rings. The second kappa shape index (κ2) is 7.51. The molecule has 3 heteroatoms. The van der Waals surface area contributed by atoms with E-state index in [0.29, 0.717) is 24.6 Å². The van der Waals surface area contributed by atoms with Crippen LogP contribution in [0.25, 0.3) is 0 Å². The highest BCUT2D eigenvalue weighted by Gasteiger charge is 2.14. The Morgan fingerprint density at radius 2 is 1.79 bits per heavy atom. The average molecular weight is 265 g/mol. The number of hydrogen-bond acceptors (Lipinski definition) is 3. The van der Waals surface area contributed by atoms with Crippen molar-refractivity contribution in [3.8, 4) is 5.75 Å². The molecule has 0 aromatic heterocycles. The van der Waals surface area contributed by atoms with Gasteiger partial charge in [0.05, 0.1) is 13.7 Å². The first-order valence-electron chi connectivity index (χ1n) is 6.91. The van der Waals surface area contributed by atoms with E-state index in [1.165, 1.54) is 5.56 Å². The van der Waals surface area contributed by atoms with Crippen LogP contribution in [-0.4, -0.2) is 20.3 Å². The van der Waals surface area contributed by atoms with E-state index >= 15 is 0 Å². The highest BCUT2D eigenvalue weighted by Crippen LogP contribution is 2.24. The van der Waals surface area contributed by atoms with E-state index < -0.39 is 0 Å². The Balaban J connectivity index is 2.85. The molecule has 0 radical (unpaired) electrons. The quantitative estimate of drug-likeness (QED) is 0.818. The molecule has 1 aromatic rings. The lowest BCUT2D eigenvalue weighted by molar-refractivity contribution is 0.181. The van der Waals surface area contributed by atoms with Crippen LogP contribution in [0, 0.1) is 5.92 Å². The van der Waals surface area contributed by atoms with Crippen LogP contribution in [0.2, 0.25) is 0 Å². The van der Waals surface area contributed by atoms with Gasteiger partial charge >= 0.3 is 0 Å². The van der Waals surface area contributed by atoms with Gasteiger partial charge in [0.15, 0.2) is 0 Å². The van der Waals surface area contributed by atoms with Crippen molar-refractivity contribution in [1.29, 1.82) is 0 Å². The lowest BCUT2D eigenvalue weighted by atomic mass is 10.0. The van der Waals surface area contributed by atoms with Crippen molar-refractivity contribution in [2.75, 3.05) is 14.2 Å². The molecule has 0 saturated heterocycles. The zero-order valence-electron chi connectivity index (χ0n) is 13.0. The summed E-state index contributed by atoms with van der Waals surface area (Å²) in [4.78, 5) is 0. The Hall–Kier alpha value is -1.06. The molecule has 108 valence electrons. The third-order valence-corrected chi connectivity index (χ3v) is 3.62. The predicted molar refractivity (Wildman–Crippen MR) is 79.6 cm³/mol. The van der Waals surface area contributed by atoms with Gasteiger partial charge in [0, 0.05) is 24.8 Å². The smallest absolute Gasteiger partial charge is 0.124 e. The molecule has 19 heavy (non-hydrogen) atoms. The van der Waals surface area contributed by atoms with Gasteiger partial charge in [-0.2, -0.15) is 0 Å². The summed E-state index contributed by atoms with van der Waals surface area (Å²) in [6.45, 7) is 9.45. The van der Waals surface area contributed by atoms with E-state index in [-0.39, 0.29) is 0 Å². The van der Waals surface area contributed by atoms with E-state index in [9.17, 15) is 0 Å². The van der Waals surface area contributed by atoms with Gasteiger partial charge < -0.3 is 14.8 Å². The van der Waals surface area contributed by atoms with Crippen LogP contribution < -0.4 is 10.1 Å². The Kier molecular flexibility index (Phi) is 6.32. The first-order chi connectivity index (χ1) is 8.99. The maximum atomic E-state index is 5.35. The van der Waals surface area contributed by atoms with Crippen LogP contribution in [0.4, 0.5) is 0 Å². The molecule has 2 unspecified atom stereocenters. The molecular weight excluding hydrogens is 238 g/mol. The zero-order chi connectivity index (χ0) is 14.4. The Labute approximate surface area is 117 Å². The maximum Gasteiger partial charge on any atom is 0.124 e. The van der Waals surface area contributed by atoms with Crippen molar-refractivity contribution in [3.05, 3.63) is 29.3 Å². The molecule has 1 N–H and O–H groups in total. The first kappa shape index (κ1) is 16.0. The van der Waals surface area contributed by atoms with E-state index in [1.54, 1.807) is 14.2 Å².